The minimum atomic E-state index is 0.653. The van der Waals surface area contributed by atoms with Gasteiger partial charge in [0.05, 0.1) is 0 Å². The highest BCUT2D eigenvalue weighted by atomic mass is 127. The van der Waals surface area contributed by atoms with Crippen molar-refractivity contribution >= 4 is 38.5 Å². The lowest BCUT2D eigenvalue weighted by Gasteiger charge is -2.07. The SMILES string of the molecule is BrCc1cccnc1Oc1ccc(I)cc1. The summed E-state index contributed by atoms with van der Waals surface area (Å²) in [6.07, 6.45) is 1.73. The summed E-state index contributed by atoms with van der Waals surface area (Å²) in [4.78, 5) is 4.21. The highest BCUT2D eigenvalue weighted by Crippen LogP contribution is 2.24. The third-order valence-corrected chi connectivity index (χ3v) is 3.35. The number of hydrogen-bond donors (Lipinski definition) is 0. The Morgan fingerprint density at radius 1 is 1.19 bits per heavy atom. The Morgan fingerprint density at radius 2 is 1.94 bits per heavy atom. The first-order valence-corrected chi connectivity index (χ1v) is 6.93. The van der Waals surface area contributed by atoms with Crippen LogP contribution in [0.3, 0.4) is 0 Å². The predicted octanol–water partition coefficient (Wildman–Crippen LogP) is 4.37. The summed E-state index contributed by atoms with van der Waals surface area (Å²) >= 11 is 5.68. The van der Waals surface area contributed by atoms with E-state index in [4.69, 9.17) is 4.74 Å². The molecule has 0 amide bonds. The van der Waals surface area contributed by atoms with Gasteiger partial charge in [0.15, 0.2) is 0 Å². The number of aromatic nitrogens is 1. The summed E-state index contributed by atoms with van der Waals surface area (Å²) in [6.45, 7) is 0. The summed E-state index contributed by atoms with van der Waals surface area (Å²) in [5, 5.41) is 0.737. The van der Waals surface area contributed by atoms with Crippen molar-refractivity contribution in [2.24, 2.45) is 0 Å². The van der Waals surface area contributed by atoms with Crippen molar-refractivity contribution in [1.29, 1.82) is 0 Å². The van der Waals surface area contributed by atoms with Crippen LogP contribution >= 0.6 is 38.5 Å². The average molecular weight is 390 g/mol. The Hall–Kier alpha value is -0.620. The monoisotopic (exact) mass is 389 g/mol. The molecule has 0 spiro atoms. The second-order valence-corrected chi connectivity index (χ2v) is 4.96. The Labute approximate surface area is 116 Å². The quantitative estimate of drug-likeness (QED) is 0.574. The number of halogens is 2. The van der Waals surface area contributed by atoms with Gasteiger partial charge in [-0.1, -0.05) is 22.0 Å². The van der Waals surface area contributed by atoms with E-state index in [2.05, 4.69) is 43.5 Å². The highest BCUT2D eigenvalue weighted by molar-refractivity contribution is 14.1. The molecule has 0 N–H and O–H groups in total. The van der Waals surface area contributed by atoms with Gasteiger partial charge in [-0.2, -0.15) is 0 Å². The van der Waals surface area contributed by atoms with Gasteiger partial charge in [-0.25, -0.2) is 4.98 Å². The maximum Gasteiger partial charge on any atom is 0.223 e. The predicted molar refractivity (Wildman–Crippen MR) is 76.1 cm³/mol. The molecule has 1 heterocycles. The molecule has 0 aliphatic heterocycles. The smallest absolute Gasteiger partial charge is 0.223 e. The van der Waals surface area contributed by atoms with Crippen molar-refractivity contribution in [2.45, 2.75) is 5.33 Å². The topological polar surface area (TPSA) is 22.1 Å². The molecule has 0 aliphatic carbocycles. The number of alkyl halides is 1. The van der Waals surface area contributed by atoms with E-state index >= 15 is 0 Å². The van der Waals surface area contributed by atoms with Gasteiger partial charge >= 0.3 is 0 Å². The molecule has 16 heavy (non-hydrogen) atoms. The highest BCUT2D eigenvalue weighted by Gasteiger charge is 2.04. The number of hydrogen-bond acceptors (Lipinski definition) is 2. The lowest BCUT2D eigenvalue weighted by Crippen LogP contribution is -1.92. The van der Waals surface area contributed by atoms with E-state index in [1.807, 2.05) is 36.4 Å². The van der Waals surface area contributed by atoms with Crippen LogP contribution in [0.25, 0.3) is 0 Å². The lowest BCUT2D eigenvalue weighted by molar-refractivity contribution is 0.458. The van der Waals surface area contributed by atoms with E-state index in [0.29, 0.717) is 5.88 Å². The molecule has 2 aromatic rings. The molecule has 82 valence electrons. The van der Waals surface area contributed by atoms with Crippen LogP contribution in [0, 0.1) is 3.57 Å². The third-order valence-electron chi connectivity index (χ3n) is 2.02. The number of ether oxygens (including phenoxy) is 1. The summed E-state index contributed by atoms with van der Waals surface area (Å²) in [5.41, 5.74) is 1.04. The molecule has 1 aromatic heterocycles. The van der Waals surface area contributed by atoms with E-state index in [9.17, 15) is 0 Å². The second kappa shape index (κ2) is 5.63. The van der Waals surface area contributed by atoms with Crippen LogP contribution in [-0.2, 0) is 5.33 Å². The van der Waals surface area contributed by atoms with Crippen LogP contribution in [0.2, 0.25) is 0 Å². The first-order valence-electron chi connectivity index (χ1n) is 4.73. The normalized spacial score (nSPS) is 10.1. The van der Waals surface area contributed by atoms with Gasteiger partial charge in [0, 0.05) is 20.7 Å². The van der Waals surface area contributed by atoms with Crippen LogP contribution in [0.1, 0.15) is 5.56 Å². The first kappa shape index (κ1) is 11.9. The number of rotatable bonds is 3. The van der Waals surface area contributed by atoms with Gasteiger partial charge in [-0.3, -0.25) is 0 Å². The molecule has 0 aliphatic rings. The molecule has 0 unspecified atom stereocenters. The zero-order valence-corrected chi connectivity index (χ0v) is 12.1. The van der Waals surface area contributed by atoms with Crippen molar-refractivity contribution in [3.8, 4) is 11.6 Å². The van der Waals surface area contributed by atoms with E-state index in [1.54, 1.807) is 6.20 Å². The largest absolute Gasteiger partial charge is 0.439 e. The maximum absolute atomic E-state index is 5.71. The van der Waals surface area contributed by atoms with Gasteiger partial charge in [0.1, 0.15) is 5.75 Å². The molecular formula is C12H9BrINO. The molecule has 0 saturated carbocycles. The van der Waals surface area contributed by atoms with Crippen LogP contribution in [-0.4, -0.2) is 4.98 Å². The molecule has 0 radical (unpaired) electrons. The molecule has 0 atom stereocenters. The summed E-state index contributed by atoms with van der Waals surface area (Å²) in [7, 11) is 0. The average Bonchev–Trinajstić information content (AvgIpc) is 2.33. The minimum absolute atomic E-state index is 0.653. The number of benzene rings is 1. The maximum atomic E-state index is 5.71. The van der Waals surface area contributed by atoms with Gasteiger partial charge in [-0.05, 0) is 52.9 Å². The molecule has 1 aromatic carbocycles. The van der Waals surface area contributed by atoms with Gasteiger partial charge in [0.2, 0.25) is 5.88 Å². The Morgan fingerprint density at radius 3 is 2.62 bits per heavy atom. The van der Waals surface area contributed by atoms with Crippen molar-refractivity contribution in [2.75, 3.05) is 0 Å². The van der Waals surface area contributed by atoms with E-state index < -0.39 is 0 Å². The molecule has 0 saturated heterocycles. The van der Waals surface area contributed by atoms with E-state index in [-0.39, 0.29) is 0 Å². The Bertz CT molecular complexity index is 473. The summed E-state index contributed by atoms with van der Waals surface area (Å²) in [5.74, 6) is 1.46. The van der Waals surface area contributed by atoms with Crippen molar-refractivity contribution in [3.05, 3.63) is 51.7 Å². The van der Waals surface area contributed by atoms with Crippen LogP contribution in [0.5, 0.6) is 11.6 Å². The zero-order chi connectivity index (χ0) is 11.4. The van der Waals surface area contributed by atoms with Crippen molar-refractivity contribution in [3.63, 3.8) is 0 Å². The van der Waals surface area contributed by atoms with Gasteiger partial charge in [-0.15, -0.1) is 0 Å². The zero-order valence-electron chi connectivity index (χ0n) is 8.36. The van der Waals surface area contributed by atoms with E-state index in [1.165, 1.54) is 3.57 Å². The Balaban J connectivity index is 2.23. The fourth-order valence-electron chi connectivity index (χ4n) is 1.23. The van der Waals surface area contributed by atoms with Crippen molar-refractivity contribution in [1.82, 2.24) is 4.98 Å². The van der Waals surface area contributed by atoms with Crippen LogP contribution in [0.4, 0.5) is 0 Å². The van der Waals surface area contributed by atoms with Crippen molar-refractivity contribution < 1.29 is 4.74 Å². The number of pyridine rings is 1. The van der Waals surface area contributed by atoms with E-state index in [0.717, 1.165) is 16.6 Å². The molecule has 4 heteroatoms. The second-order valence-electron chi connectivity index (χ2n) is 3.16. The molecular weight excluding hydrogens is 381 g/mol. The standard InChI is InChI=1S/C12H9BrINO/c13-8-9-2-1-7-15-12(9)16-11-5-3-10(14)4-6-11/h1-7H,8H2. The third kappa shape index (κ3) is 2.95. The number of nitrogens with zero attached hydrogens (tertiary/aromatic N) is 1. The van der Waals surface area contributed by atoms with Crippen LogP contribution < -0.4 is 4.74 Å². The summed E-state index contributed by atoms with van der Waals surface area (Å²) in [6, 6.07) is 11.8. The van der Waals surface area contributed by atoms with Crippen LogP contribution in [0.15, 0.2) is 42.6 Å². The fraction of sp³-hybridized carbons (Fsp3) is 0.0833. The molecule has 0 bridgehead atoms. The minimum Gasteiger partial charge on any atom is -0.439 e. The molecule has 2 nitrogen and oxygen atoms in total. The Kier molecular flexibility index (Phi) is 4.17. The molecule has 0 fully saturated rings. The van der Waals surface area contributed by atoms with Gasteiger partial charge in [0.25, 0.3) is 0 Å². The fourth-order valence-corrected chi connectivity index (χ4v) is 2.02. The lowest BCUT2D eigenvalue weighted by atomic mass is 10.3. The van der Waals surface area contributed by atoms with Gasteiger partial charge < -0.3 is 4.74 Å². The summed E-state index contributed by atoms with van der Waals surface area (Å²) < 4.78 is 6.90. The molecule has 2 rings (SSSR count). The first-order chi connectivity index (χ1) is 7.79.